The maximum absolute atomic E-state index is 11.9. The number of hydrogen-bond acceptors (Lipinski definition) is 2. The Bertz CT molecular complexity index is 814. The molecule has 1 aliphatic rings. The molecule has 0 aliphatic heterocycles. The summed E-state index contributed by atoms with van der Waals surface area (Å²) in [6.45, 7) is 0. The Kier molecular flexibility index (Phi) is 2.50. The smallest absolute Gasteiger partial charge is 0.325 e. The van der Waals surface area contributed by atoms with Crippen LogP contribution in [0.1, 0.15) is 24.5 Å². The summed E-state index contributed by atoms with van der Waals surface area (Å²) in [5.74, 6) is 1.09. The molecular formula is C15H15N5O. The van der Waals surface area contributed by atoms with Crippen molar-refractivity contribution in [2.45, 2.75) is 18.8 Å². The van der Waals surface area contributed by atoms with E-state index in [9.17, 15) is 4.79 Å². The van der Waals surface area contributed by atoms with E-state index in [0.29, 0.717) is 17.4 Å². The first kappa shape index (κ1) is 12.0. The van der Waals surface area contributed by atoms with Gasteiger partial charge in [-0.3, -0.25) is 5.10 Å². The fourth-order valence-corrected chi connectivity index (χ4v) is 2.59. The maximum Gasteiger partial charge on any atom is 0.325 e. The minimum Gasteiger partial charge on any atom is -0.361 e. The summed E-state index contributed by atoms with van der Waals surface area (Å²) in [4.78, 5) is 16.4. The highest BCUT2D eigenvalue weighted by atomic mass is 16.2. The number of hydrogen-bond donors (Lipinski definition) is 3. The van der Waals surface area contributed by atoms with Gasteiger partial charge < -0.3 is 10.7 Å². The number of benzene rings is 1. The van der Waals surface area contributed by atoms with Crippen LogP contribution in [0.4, 0.5) is 16.3 Å². The number of anilines is 2. The Morgan fingerprint density at radius 2 is 2.14 bits per heavy atom. The van der Waals surface area contributed by atoms with Gasteiger partial charge in [-0.25, -0.2) is 9.69 Å². The molecule has 6 nitrogen and oxygen atoms in total. The lowest BCUT2D eigenvalue weighted by molar-refractivity contribution is 0.256. The Morgan fingerprint density at radius 3 is 2.90 bits per heavy atom. The molecule has 1 aliphatic carbocycles. The number of fused-ring (bicyclic) bond motifs is 1. The molecule has 4 rings (SSSR count). The van der Waals surface area contributed by atoms with Gasteiger partial charge in [0.05, 0.1) is 5.69 Å². The van der Waals surface area contributed by atoms with Gasteiger partial charge in [-0.05, 0) is 36.4 Å². The van der Waals surface area contributed by atoms with Crippen LogP contribution in [0, 0.1) is 0 Å². The number of rotatable bonds is 3. The van der Waals surface area contributed by atoms with E-state index >= 15 is 0 Å². The van der Waals surface area contributed by atoms with Crippen molar-refractivity contribution in [2.24, 2.45) is 5.73 Å². The zero-order valence-corrected chi connectivity index (χ0v) is 11.3. The average Bonchev–Trinajstić information content (AvgIpc) is 3.02. The lowest BCUT2D eigenvalue weighted by Gasteiger charge is -2.17. The number of aromatic nitrogens is 3. The summed E-state index contributed by atoms with van der Waals surface area (Å²) in [6.07, 6.45) is 4.21. The van der Waals surface area contributed by atoms with Gasteiger partial charge in [-0.2, -0.15) is 5.10 Å². The molecule has 2 amide bonds. The number of carbonyl (C=O) groups is 1. The van der Waals surface area contributed by atoms with Gasteiger partial charge in [0.15, 0.2) is 5.82 Å². The van der Waals surface area contributed by atoms with Gasteiger partial charge in [0.2, 0.25) is 0 Å². The van der Waals surface area contributed by atoms with Crippen molar-refractivity contribution in [3.8, 4) is 0 Å². The topological polar surface area (TPSA) is 90.8 Å². The predicted molar refractivity (Wildman–Crippen MR) is 80.6 cm³/mol. The fourth-order valence-electron chi connectivity index (χ4n) is 2.59. The first-order valence-corrected chi connectivity index (χ1v) is 6.94. The molecule has 1 saturated carbocycles. The van der Waals surface area contributed by atoms with Gasteiger partial charge in [0.1, 0.15) is 0 Å². The molecule has 1 fully saturated rings. The first-order valence-electron chi connectivity index (χ1n) is 6.94. The van der Waals surface area contributed by atoms with Crippen LogP contribution in [0.3, 0.4) is 0 Å². The third-order valence-electron chi connectivity index (χ3n) is 3.85. The SMILES string of the molecule is NC(=O)N(c1ccc2cc[nH]c2c1)c1cc(C2CC2)[nH]n1. The molecule has 6 heteroatoms. The van der Waals surface area contributed by atoms with Crippen LogP contribution in [0.2, 0.25) is 0 Å². The molecule has 0 saturated heterocycles. The molecule has 106 valence electrons. The van der Waals surface area contributed by atoms with E-state index in [0.717, 1.165) is 16.6 Å². The quantitative estimate of drug-likeness (QED) is 0.688. The Morgan fingerprint density at radius 1 is 1.29 bits per heavy atom. The predicted octanol–water partition coefficient (Wildman–Crippen LogP) is 2.99. The van der Waals surface area contributed by atoms with Crippen LogP contribution in [0.25, 0.3) is 10.9 Å². The van der Waals surface area contributed by atoms with E-state index in [4.69, 9.17) is 5.73 Å². The zero-order chi connectivity index (χ0) is 14.4. The molecule has 21 heavy (non-hydrogen) atoms. The molecule has 2 aromatic heterocycles. The number of amides is 2. The molecule has 1 aromatic carbocycles. The first-order chi connectivity index (χ1) is 10.2. The second kappa shape index (κ2) is 4.37. The number of nitrogens with one attached hydrogen (secondary N) is 2. The summed E-state index contributed by atoms with van der Waals surface area (Å²) >= 11 is 0. The number of carbonyl (C=O) groups excluding carboxylic acids is 1. The summed E-state index contributed by atoms with van der Waals surface area (Å²) in [5, 5.41) is 8.32. The minimum atomic E-state index is -0.547. The highest BCUT2D eigenvalue weighted by Gasteiger charge is 2.27. The molecule has 0 unspecified atom stereocenters. The van der Waals surface area contributed by atoms with Crippen molar-refractivity contribution >= 4 is 28.4 Å². The largest absolute Gasteiger partial charge is 0.361 e. The van der Waals surface area contributed by atoms with Crippen LogP contribution in [-0.4, -0.2) is 21.2 Å². The number of aromatic amines is 2. The molecule has 0 atom stereocenters. The van der Waals surface area contributed by atoms with Crippen molar-refractivity contribution in [3.63, 3.8) is 0 Å². The van der Waals surface area contributed by atoms with Gasteiger partial charge >= 0.3 is 6.03 Å². The summed E-state index contributed by atoms with van der Waals surface area (Å²) < 4.78 is 0. The average molecular weight is 281 g/mol. The third-order valence-corrected chi connectivity index (χ3v) is 3.85. The number of nitrogens with two attached hydrogens (primary N) is 1. The highest BCUT2D eigenvalue weighted by Crippen LogP contribution is 2.40. The molecule has 0 spiro atoms. The Labute approximate surface area is 120 Å². The Hall–Kier alpha value is -2.76. The van der Waals surface area contributed by atoms with Crippen molar-refractivity contribution in [3.05, 3.63) is 42.2 Å². The van der Waals surface area contributed by atoms with Crippen LogP contribution < -0.4 is 10.6 Å². The maximum atomic E-state index is 11.9. The molecule has 0 bridgehead atoms. The van der Waals surface area contributed by atoms with E-state index < -0.39 is 6.03 Å². The normalized spacial score (nSPS) is 14.5. The molecule has 4 N–H and O–H groups in total. The number of nitrogens with zero attached hydrogens (tertiary/aromatic N) is 2. The van der Waals surface area contributed by atoms with Gasteiger partial charge in [-0.15, -0.1) is 0 Å². The zero-order valence-electron chi connectivity index (χ0n) is 11.3. The molecule has 0 radical (unpaired) electrons. The monoisotopic (exact) mass is 281 g/mol. The van der Waals surface area contributed by atoms with Crippen molar-refractivity contribution < 1.29 is 4.79 Å². The second-order valence-corrected chi connectivity index (χ2v) is 5.38. The van der Waals surface area contributed by atoms with Gasteiger partial charge in [0.25, 0.3) is 0 Å². The van der Waals surface area contributed by atoms with E-state index in [-0.39, 0.29) is 0 Å². The van der Waals surface area contributed by atoms with Gasteiger partial charge in [-0.1, -0.05) is 6.07 Å². The minimum absolute atomic E-state index is 0.537. The van der Waals surface area contributed by atoms with Crippen molar-refractivity contribution in [1.29, 1.82) is 0 Å². The second-order valence-electron chi connectivity index (χ2n) is 5.38. The van der Waals surface area contributed by atoms with Crippen molar-refractivity contribution in [1.82, 2.24) is 15.2 Å². The summed E-state index contributed by atoms with van der Waals surface area (Å²) in [5.41, 5.74) is 8.27. The van der Waals surface area contributed by atoms with E-state index in [1.165, 1.54) is 17.7 Å². The van der Waals surface area contributed by atoms with Crippen molar-refractivity contribution in [2.75, 3.05) is 4.90 Å². The Balaban J connectivity index is 1.76. The molecule has 3 aromatic rings. The number of H-pyrrole nitrogens is 2. The highest BCUT2D eigenvalue weighted by molar-refractivity contribution is 5.99. The standard InChI is InChI=1S/C15H15N5O/c16-15(21)20(14-8-13(18-19-14)9-1-2-9)11-4-3-10-5-6-17-12(10)7-11/h3-9,17H,1-2H2,(H2,16,21)(H,18,19). The lowest BCUT2D eigenvalue weighted by Crippen LogP contribution is -2.31. The van der Waals surface area contributed by atoms with E-state index in [2.05, 4.69) is 15.2 Å². The summed E-state index contributed by atoms with van der Waals surface area (Å²) in [7, 11) is 0. The lowest BCUT2D eigenvalue weighted by atomic mass is 10.2. The molecular weight excluding hydrogens is 266 g/mol. The molecule has 2 heterocycles. The summed E-state index contributed by atoms with van der Waals surface area (Å²) in [6, 6.07) is 9.05. The van der Waals surface area contributed by atoms with Gasteiger partial charge in [0, 0.05) is 29.4 Å². The van der Waals surface area contributed by atoms with Crippen LogP contribution in [0.15, 0.2) is 36.5 Å². The third kappa shape index (κ3) is 2.05. The van der Waals surface area contributed by atoms with E-state index in [1.807, 2.05) is 36.5 Å². The fraction of sp³-hybridized carbons (Fsp3) is 0.200. The number of urea groups is 1. The van der Waals surface area contributed by atoms with E-state index in [1.54, 1.807) is 0 Å². The van der Waals surface area contributed by atoms with Crippen LogP contribution in [0.5, 0.6) is 0 Å². The van der Waals surface area contributed by atoms with Crippen LogP contribution >= 0.6 is 0 Å². The number of primary amides is 1. The van der Waals surface area contributed by atoms with Crippen LogP contribution in [-0.2, 0) is 0 Å².